The third-order valence-electron chi connectivity index (χ3n) is 4.41. The van der Waals surface area contributed by atoms with E-state index in [1.807, 2.05) is 30.3 Å². The van der Waals surface area contributed by atoms with Gasteiger partial charge in [0.15, 0.2) is 10.8 Å². The molecule has 2 heterocycles. The zero-order valence-electron chi connectivity index (χ0n) is 16.3. The van der Waals surface area contributed by atoms with Gasteiger partial charge in [-0.1, -0.05) is 54.2 Å². The first-order chi connectivity index (χ1) is 15.1. The molecule has 2 aromatic carbocycles. The van der Waals surface area contributed by atoms with E-state index in [9.17, 15) is 14.0 Å². The van der Waals surface area contributed by atoms with E-state index in [0.717, 1.165) is 17.3 Å². The molecule has 7 nitrogen and oxygen atoms in total. The van der Waals surface area contributed by atoms with Gasteiger partial charge in [0.25, 0.3) is 5.91 Å². The highest BCUT2D eigenvalue weighted by molar-refractivity contribution is 7.99. The molecule has 156 valence electrons. The molecular weight excluding hydrogens is 417 g/mol. The predicted octanol–water partition coefficient (Wildman–Crippen LogP) is 3.53. The standard InChI is InChI=1S/C22H18FN5O2S/c23-17-8-4-5-9-18(17)25-20(29)14-31-22-27-26-19-11-10-16(13-28(19)22)21(30)24-12-15-6-2-1-3-7-15/h1-11,13H,12,14H2,(H,24,30)(H,25,29). The van der Waals surface area contributed by atoms with E-state index in [1.54, 1.807) is 34.9 Å². The molecule has 0 aliphatic carbocycles. The van der Waals surface area contributed by atoms with Crippen molar-refractivity contribution in [2.75, 3.05) is 11.1 Å². The van der Waals surface area contributed by atoms with Gasteiger partial charge in [0.05, 0.1) is 17.0 Å². The maximum atomic E-state index is 13.7. The molecular formula is C22H18FN5O2S. The Morgan fingerprint density at radius 3 is 2.55 bits per heavy atom. The molecule has 2 amide bonds. The fraction of sp³-hybridized carbons (Fsp3) is 0.0909. The summed E-state index contributed by atoms with van der Waals surface area (Å²) < 4.78 is 15.3. The van der Waals surface area contributed by atoms with Gasteiger partial charge in [-0.15, -0.1) is 10.2 Å². The van der Waals surface area contributed by atoms with E-state index in [1.165, 1.54) is 12.1 Å². The molecule has 4 aromatic rings. The van der Waals surface area contributed by atoms with Crippen LogP contribution in [-0.4, -0.2) is 32.2 Å². The maximum absolute atomic E-state index is 13.7. The highest BCUT2D eigenvalue weighted by Crippen LogP contribution is 2.19. The van der Waals surface area contributed by atoms with Crippen molar-refractivity contribution >= 4 is 34.9 Å². The number of amides is 2. The third kappa shape index (κ3) is 5.07. The SMILES string of the molecule is O=C(CSc1nnc2ccc(C(=O)NCc3ccccc3)cn12)Nc1ccccc1F. The second kappa shape index (κ2) is 9.40. The van der Waals surface area contributed by atoms with Gasteiger partial charge in [0, 0.05) is 12.7 Å². The van der Waals surface area contributed by atoms with Crippen LogP contribution in [0.25, 0.3) is 5.65 Å². The number of fused-ring (bicyclic) bond motifs is 1. The number of anilines is 1. The lowest BCUT2D eigenvalue weighted by Gasteiger charge is -2.07. The molecule has 9 heteroatoms. The Labute approximate surface area is 181 Å². The number of rotatable bonds is 7. The minimum atomic E-state index is -0.500. The molecule has 0 atom stereocenters. The number of carbonyl (C=O) groups is 2. The number of thioether (sulfide) groups is 1. The lowest BCUT2D eigenvalue weighted by atomic mass is 10.2. The maximum Gasteiger partial charge on any atom is 0.253 e. The summed E-state index contributed by atoms with van der Waals surface area (Å²) in [7, 11) is 0. The fourth-order valence-electron chi connectivity index (χ4n) is 2.86. The lowest BCUT2D eigenvalue weighted by Crippen LogP contribution is -2.23. The Hall–Kier alpha value is -3.72. The van der Waals surface area contributed by atoms with Crippen LogP contribution in [0.15, 0.2) is 78.1 Å². The van der Waals surface area contributed by atoms with Gasteiger partial charge in [0.1, 0.15) is 5.82 Å². The van der Waals surface area contributed by atoms with Crippen molar-refractivity contribution in [3.63, 3.8) is 0 Å². The number of benzene rings is 2. The summed E-state index contributed by atoms with van der Waals surface area (Å²) in [6.07, 6.45) is 1.63. The summed E-state index contributed by atoms with van der Waals surface area (Å²) in [5, 5.41) is 14.0. The monoisotopic (exact) mass is 435 g/mol. The van der Waals surface area contributed by atoms with Gasteiger partial charge < -0.3 is 10.6 Å². The van der Waals surface area contributed by atoms with Crippen LogP contribution in [0.3, 0.4) is 0 Å². The van der Waals surface area contributed by atoms with Gasteiger partial charge in [-0.2, -0.15) is 0 Å². The molecule has 0 saturated carbocycles. The Kier molecular flexibility index (Phi) is 6.23. The predicted molar refractivity (Wildman–Crippen MR) is 116 cm³/mol. The zero-order chi connectivity index (χ0) is 21.6. The minimum absolute atomic E-state index is 0.0135. The van der Waals surface area contributed by atoms with Crippen LogP contribution in [0.2, 0.25) is 0 Å². The number of nitrogens with zero attached hydrogens (tertiary/aromatic N) is 3. The van der Waals surface area contributed by atoms with Gasteiger partial charge in [-0.05, 0) is 29.8 Å². The largest absolute Gasteiger partial charge is 0.348 e. The van der Waals surface area contributed by atoms with Crippen molar-refractivity contribution in [1.29, 1.82) is 0 Å². The number of nitrogens with one attached hydrogen (secondary N) is 2. The molecule has 0 saturated heterocycles. The number of para-hydroxylation sites is 1. The normalized spacial score (nSPS) is 10.7. The summed E-state index contributed by atoms with van der Waals surface area (Å²) >= 11 is 1.14. The highest BCUT2D eigenvalue weighted by Gasteiger charge is 2.13. The highest BCUT2D eigenvalue weighted by atomic mass is 32.2. The lowest BCUT2D eigenvalue weighted by molar-refractivity contribution is -0.113. The molecule has 0 bridgehead atoms. The molecule has 0 spiro atoms. The first-order valence-electron chi connectivity index (χ1n) is 9.44. The number of hydrogen-bond acceptors (Lipinski definition) is 5. The average Bonchev–Trinajstić information content (AvgIpc) is 3.20. The summed E-state index contributed by atoms with van der Waals surface area (Å²) in [5.41, 5.74) is 2.12. The topological polar surface area (TPSA) is 88.4 Å². The molecule has 0 unspecified atom stereocenters. The molecule has 31 heavy (non-hydrogen) atoms. The van der Waals surface area contributed by atoms with Crippen LogP contribution in [-0.2, 0) is 11.3 Å². The summed E-state index contributed by atoms with van der Waals surface area (Å²) in [4.78, 5) is 24.7. The van der Waals surface area contributed by atoms with Crippen molar-refractivity contribution in [3.05, 3.63) is 89.9 Å². The third-order valence-corrected chi connectivity index (χ3v) is 5.35. The number of halogens is 1. The minimum Gasteiger partial charge on any atom is -0.348 e. The number of pyridine rings is 1. The van der Waals surface area contributed by atoms with Gasteiger partial charge >= 0.3 is 0 Å². The van der Waals surface area contributed by atoms with Crippen LogP contribution in [0.4, 0.5) is 10.1 Å². The first kappa shape index (κ1) is 20.5. The molecule has 0 radical (unpaired) electrons. The van der Waals surface area contributed by atoms with Gasteiger partial charge in [-0.3, -0.25) is 14.0 Å². The van der Waals surface area contributed by atoms with E-state index in [0.29, 0.717) is 22.9 Å². The number of carbonyl (C=O) groups excluding carboxylic acids is 2. The average molecular weight is 435 g/mol. The van der Waals surface area contributed by atoms with Gasteiger partial charge in [-0.25, -0.2) is 4.39 Å². The summed E-state index contributed by atoms with van der Waals surface area (Å²) in [6.45, 7) is 0.414. The number of hydrogen-bond donors (Lipinski definition) is 2. The molecule has 0 aliphatic heterocycles. The Morgan fingerprint density at radius 1 is 0.968 bits per heavy atom. The smallest absolute Gasteiger partial charge is 0.253 e. The second-order valence-electron chi connectivity index (χ2n) is 6.61. The molecule has 0 aliphatic rings. The number of aromatic nitrogens is 3. The fourth-order valence-corrected chi connectivity index (χ4v) is 3.58. The van der Waals surface area contributed by atoms with E-state index in [4.69, 9.17) is 0 Å². The quantitative estimate of drug-likeness (QED) is 0.434. The molecule has 0 fully saturated rings. The first-order valence-corrected chi connectivity index (χ1v) is 10.4. The summed E-state index contributed by atoms with van der Waals surface area (Å²) in [6, 6.07) is 18.9. The van der Waals surface area contributed by atoms with Crippen molar-refractivity contribution in [2.45, 2.75) is 11.7 Å². The van der Waals surface area contributed by atoms with Gasteiger partial charge in [0.2, 0.25) is 5.91 Å². The molecule has 2 N–H and O–H groups in total. The second-order valence-corrected chi connectivity index (χ2v) is 7.56. The van der Waals surface area contributed by atoms with Crippen LogP contribution >= 0.6 is 11.8 Å². The van der Waals surface area contributed by atoms with Crippen molar-refractivity contribution in [1.82, 2.24) is 19.9 Å². The molecule has 4 rings (SSSR count). The van der Waals surface area contributed by atoms with E-state index in [2.05, 4.69) is 20.8 Å². The van der Waals surface area contributed by atoms with Crippen LogP contribution < -0.4 is 10.6 Å². The summed E-state index contributed by atoms with van der Waals surface area (Å²) in [5.74, 6) is -1.09. The van der Waals surface area contributed by atoms with Crippen molar-refractivity contribution in [3.8, 4) is 0 Å². The van der Waals surface area contributed by atoms with Crippen LogP contribution in [0.1, 0.15) is 15.9 Å². The zero-order valence-corrected chi connectivity index (χ0v) is 17.1. The van der Waals surface area contributed by atoms with Crippen molar-refractivity contribution < 1.29 is 14.0 Å². The van der Waals surface area contributed by atoms with E-state index < -0.39 is 5.82 Å². The van der Waals surface area contributed by atoms with E-state index in [-0.39, 0.29) is 23.3 Å². The Morgan fingerprint density at radius 2 is 1.74 bits per heavy atom. The Balaban J connectivity index is 1.41. The molecule has 2 aromatic heterocycles. The van der Waals surface area contributed by atoms with Crippen LogP contribution in [0.5, 0.6) is 0 Å². The van der Waals surface area contributed by atoms with Crippen LogP contribution in [0, 0.1) is 5.82 Å². The Bertz CT molecular complexity index is 1230. The van der Waals surface area contributed by atoms with Crippen molar-refractivity contribution in [2.24, 2.45) is 0 Å². The van der Waals surface area contributed by atoms with E-state index >= 15 is 0 Å².